The lowest BCUT2D eigenvalue weighted by Crippen LogP contribution is -2.32. The van der Waals surface area contributed by atoms with Gasteiger partial charge in [-0.05, 0) is 48.0 Å². The summed E-state index contributed by atoms with van der Waals surface area (Å²) in [6.07, 6.45) is 2.09. The number of nitrogens with one attached hydrogen (secondary N) is 2. The van der Waals surface area contributed by atoms with Crippen LogP contribution in [0.2, 0.25) is 0 Å². The molecule has 0 saturated heterocycles. The largest absolute Gasteiger partial charge is 0.362 e. The van der Waals surface area contributed by atoms with Crippen molar-refractivity contribution in [2.24, 2.45) is 11.8 Å². The zero-order chi connectivity index (χ0) is 15.1. The van der Waals surface area contributed by atoms with Crippen molar-refractivity contribution < 1.29 is 0 Å². The first-order chi connectivity index (χ1) is 9.43. The molecule has 0 heterocycles. The van der Waals surface area contributed by atoms with Crippen LogP contribution in [0.15, 0.2) is 18.2 Å². The van der Waals surface area contributed by atoms with Crippen LogP contribution in [0.25, 0.3) is 0 Å². The van der Waals surface area contributed by atoms with Crippen molar-refractivity contribution in [2.45, 2.75) is 47.5 Å². The number of thiocarbonyl (C=S) groups is 1. The SMILES string of the molecule is CCc1cccc(CC(C)C)c1NC(=S)NCC(C)C. The lowest BCUT2D eigenvalue weighted by molar-refractivity contribution is 0.627. The van der Waals surface area contributed by atoms with Crippen molar-refractivity contribution in [3.05, 3.63) is 29.3 Å². The van der Waals surface area contributed by atoms with Crippen molar-refractivity contribution in [1.29, 1.82) is 0 Å². The van der Waals surface area contributed by atoms with Crippen molar-refractivity contribution in [3.63, 3.8) is 0 Å². The van der Waals surface area contributed by atoms with Crippen LogP contribution in [-0.4, -0.2) is 11.7 Å². The van der Waals surface area contributed by atoms with Gasteiger partial charge in [-0.25, -0.2) is 0 Å². The van der Waals surface area contributed by atoms with Crippen LogP contribution in [-0.2, 0) is 12.8 Å². The van der Waals surface area contributed by atoms with E-state index in [0.717, 1.165) is 24.5 Å². The molecular weight excluding hydrogens is 264 g/mol. The molecule has 0 saturated carbocycles. The third kappa shape index (κ3) is 5.49. The highest BCUT2D eigenvalue weighted by atomic mass is 32.1. The fraction of sp³-hybridized carbons (Fsp3) is 0.588. The van der Waals surface area contributed by atoms with E-state index >= 15 is 0 Å². The monoisotopic (exact) mass is 292 g/mol. The van der Waals surface area contributed by atoms with Gasteiger partial charge in [0.05, 0.1) is 0 Å². The zero-order valence-electron chi connectivity index (χ0n) is 13.4. The second-order valence-corrected chi connectivity index (χ2v) is 6.54. The molecule has 0 radical (unpaired) electrons. The number of hydrogen-bond donors (Lipinski definition) is 2. The number of rotatable bonds is 6. The van der Waals surface area contributed by atoms with Crippen LogP contribution < -0.4 is 10.6 Å². The van der Waals surface area contributed by atoms with E-state index in [4.69, 9.17) is 12.2 Å². The predicted octanol–water partition coefficient (Wildman–Crippen LogP) is 4.39. The highest BCUT2D eigenvalue weighted by Gasteiger charge is 2.10. The highest BCUT2D eigenvalue weighted by molar-refractivity contribution is 7.80. The molecule has 0 aliphatic heterocycles. The first kappa shape index (κ1) is 17.0. The molecule has 2 N–H and O–H groups in total. The van der Waals surface area contributed by atoms with Crippen molar-refractivity contribution in [1.82, 2.24) is 5.32 Å². The van der Waals surface area contributed by atoms with Crippen molar-refractivity contribution >= 4 is 23.0 Å². The molecule has 1 aromatic carbocycles. The number of para-hydroxylation sites is 1. The third-order valence-electron chi connectivity index (χ3n) is 3.16. The Kier molecular flexibility index (Phi) is 7.00. The summed E-state index contributed by atoms with van der Waals surface area (Å²) in [7, 11) is 0. The Hall–Kier alpha value is -1.09. The molecule has 20 heavy (non-hydrogen) atoms. The minimum Gasteiger partial charge on any atom is -0.362 e. The van der Waals surface area contributed by atoms with Gasteiger partial charge in [-0.3, -0.25) is 0 Å². The maximum Gasteiger partial charge on any atom is 0.170 e. The van der Waals surface area contributed by atoms with E-state index in [1.165, 1.54) is 16.8 Å². The normalized spacial score (nSPS) is 10.9. The molecule has 112 valence electrons. The Morgan fingerprint density at radius 2 is 1.75 bits per heavy atom. The van der Waals surface area contributed by atoms with Crippen LogP contribution in [0.3, 0.4) is 0 Å². The first-order valence-corrected chi connectivity index (χ1v) is 8.00. The van der Waals surface area contributed by atoms with Crippen LogP contribution >= 0.6 is 12.2 Å². The lowest BCUT2D eigenvalue weighted by atomic mass is 9.97. The summed E-state index contributed by atoms with van der Waals surface area (Å²) in [5, 5.41) is 7.42. The quantitative estimate of drug-likeness (QED) is 0.760. The van der Waals surface area contributed by atoms with E-state index in [1.807, 2.05) is 0 Å². The Balaban J connectivity index is 2.87. The average molecular weight is 292 g/mol. The maximum atomic E-state index is 5.41. The summed E-state index contributed by atoms with van der Waals surface area (Å²) in [5.41, 5.74) is 3.88. The molecule has 0 aliphatic rings. The van der Waals surface area contributed by atoms with E-state index < -0.39 is 0 Å². The Morgan fingerprint density at radius 1 is 1.10 bits per heavy atom. The summed E-state index contributed by atoms with van der Waals surface area (Å²) in [6, 6.07) is 6.52. The molecular formula is C17H28N2S. The fourth-order valence-electron chi connectivity index (χ4n) is 2.17. The van der Waals surface area contributed by atoms with Gasteiger partial charge in [-0.1, -0.05) is 52.8 Å². The Morgan fingerprint density at radius 3 is 2.30 bits per heavy atom. The van der Waals surface area contributed by atoms with Gasteiger partial charge in [-0.15, -0.1) is 0 Å². The number of hydrogen-bond acceptors (Lipinski definition) is 1. The number of benzene rings is 1. The fourth-order valence-corrected chi connectivity index (χ4v) is 2.36. The predicted molar refractivity (Wildman–Crippen MR) is 93.4 cm³/mol. The maximum absolute atomic E-state index is 5.41. The smallest absolute Gasteiger partial charge is 0.170 e. The molecule has 0 aromatic heterocycles. The summed E-state index contributed by atoms with van der Waals surface area (Å²) >= 11 is 5.41. The van der Waals surface area contributed by atoms with E-state index in [9.17, 15) is 0 Å². The first-order valence-electron chi connectivity index (χ1n) is 7.59. The van der Waals surface area contributed by atoms with Crippen LogP contribution in [0.1, 0.15) is 45.7 Å². The summed E-state index contributed by atoms with van der Waals surface area (Å²) in [5.74, 6) is 1.23. The molecule has 0 bridgehead atoms. The van der Waals surface area contributed by atoms with Gasteiger partial charge in [0.1, 0.15) is 0 Å². The molecule has 0 fully saturated rings. The van der Waals surface area contributed by atoms with Crippen LogP contribution in [0.5, 0.6) is 0 Å². The van der Waals surface area contributed by atoms with Gasteiger partial charge in [0.25, 0.3) is 0 Å². The third-order valence-corrected chi connectivity index (χ3v) is 3.40. The van der Waals surface area contributed by atoms with E-state index in [1.54, 1.807) is 0 Å². The van der Waals surface area contributed by atoms with Gasteiger partial charge in [0.15, 0.2) is 5.11 Å². The Bertz CT molecular complexity index is 439. The van der Waals surface area contributed by atoms with Crippen LogP contribution in [0, 0.1) is 11.8 Å². The highest BCUT2D eigenvalue weighted by Crippen LogP contribution is 2.24. The standard InChI is InChI=1S/C17H28N2S/c1-6-14-8-7-9-15(10-12(2)3)16(14)19-17(20)18-11-13(4)5/h7-9,12-13H,6,10-11H2,1-5H3,(H2,18,19,20). The minimum absolute atomic E-state index is 0.589. The summed E-state index contributed by atoms with van der Waals surface area (Å²) < 4.78 is 0. The van der Waals surface area contributed by atoms with Gasteiger partial charge >= 0.3 is 0 Å². The van der Waals surface area contributed by atoms with Crippen LogP contribution in [0.4, 0.5) is 5.69 Å². The van der Waals surface area contributed by atoms with Crippen molar-refractivity contribution in [3.8, 4) is 0 Å². The topological polar surface area (TPSA) is 24.1 Å². The van der Waals surface area contributed by atoms with Gasteiger partial charge in [0.2, 0.25) is 0 Å². The molecule has 0 unspecified atom stereocenters. The van der Waals surface area contributed by atoms with Gasteiger partial charge in [-0.2, -0.15) is 0 Å². The molecule has 2 nitrogen and oxygen atoms in total. The van der Waals surface area contributed by atoms with E-state index in [-0.39, 0.29) is 0 Å². The van der Waals surface area contributed by atoms with E-state index in [2.05, 4.69) is 63.5 Å². The Labute approximate surface area is 129 Å². The van der Waals surface area contributed by atoms with Gasteiger partial charge < -0.3 is 10.6 Å². The number of aryl methyl sites for hydroxylation is 1. The van der Waals surface area contributed by atoms with E-state index in [0.29, 0.717) is 11.8 Å². The number of anilines is 1. The minimum atomic E-state index is 0.589. The summed E-state index contributed by atoms with van der Waals surface area (Å²) in [6.45, 7) is 11.9. The second kappa shape index (κ2) is 8.25. The summed E-state index contributed by atoms with van der Waals surface area (Å²) in [4.78, 5) is 0. The van der Waals surface area contributed by atoms with Gasteiger partial charge in [0, 0.05) is 12.2 Å². The molecule has 1 aromatic rings. The second-order valence-electron chi connectivity index (χ2n) is 6.13. The lowest BCUT2D eigenvalue weighted by Gasteiger charge is -2.19. The molecule has 0 aliphatic carbocycles. The zero-order valence-corrected chi connectivity index (χ0v) is 14.2. The molecule has 3 heteroatoms. The molecule has 1 rings (SSSR count). The average Bonchev–Trinajstić information content (AvgIpc) is 2.37. The molecule has 0 amide bonds. The van der Waals surface area contributed by atoms with Crippen molar-refractivity contribution in [2.75, 3.05) is 11.9 Å². The molecule has 0 spiro atoms. The molecule has 0 atom stereocenters.